The molecule has 0 unspecified atom stereocenters. The van der Waals surface area contributed by atoms with Gasteiger partial charge in [0.15, 0.2) is 0 Å². The van der Waals surface area contributed by atoms with Crippen molar-refractivity contribution in [1.29, 1.82) is 0 Å². The number of halogens is 1. The molecule has 0 fully saturated rings. The molecule has 0 aliphatic heterocycles. The molecule has 12 heavy (non-hydrogen) atoms. The van der Waals surface area contributed by atoms with Crippen LogP contribution in [0.4, 0.5) is 11.4 Å². The van der Waals surface area contributed by atoms with Crippen LogP contribution in [-0.4, -0.2) is 6.21 Å². The van der Waals surface area contributed by atoms with Crippen LogP contribution in [0.3, 0.4) is 0 Å². The van der Waals surface area contributed by atoms with Gasteiger partial charge in [0.1, 0.15) is 0 Å². The molecule has 1 aromatic rings. The minimum Gasteiger partial charge on any atom is -0.397 e. The Morgan fingerprint density at radius 1 is 1.50 bits per heavy atom. The summed E-state index contributed by atoms with van der Waals surface area (Å²) in [5.74, 6) is 0. The second kappa shape index (κ2) is 3.72. The van der Waals surface area contributed by atoms with E-state index in [2.05, 4.69) is 20.9 Å². The molecule has 0 radical (unpaired) electrons. The van der Waals surface area contributed by atoms with Crippen molar-refractivity contribution in [1.82, 2.24) is 0 Å². The number of nitrogen functional groups attached to an aromatic ring is 1. The fraction of sp³-hybridized carbons (Fsp3) is 0.222. The maximum atomic E-state index is 5.74. The lowest BCUT2D eigenvalue weighted by atomic mass is 10.2. The molecule has 64 valence electrons. The Hall–Kier alpha value is -0.830. The zero-order valence-corrected chi connectivity index (χ0v) is 8.72. The van der Waals surface area contributed by atoms with Gasteiger partial charge in [-0.15, -0.1) is 0 Å². The molecule has 0 aliphatic rings. The highest BCUT2D eigenvalue weighted by Gasteiger charge is 2.03. The molecule has 1 aromatic carbocycles. The molecule has 3 heteroatoms. The third kappa shape index (κ3) is 1.67. The summed E-state index contributed by atoms with van der Waals surface area (Å²) in [7, 11) is 0. The molecule has 0 bridgehead atoms. The highest BCUT2D eigenvalue weighted by Crippen LogP contribution is 2.31. The Morgan fingerprint density at radius 3 is 2.75 bits per heavy atom. The molecule has 0 atom stereocenters. The number of anilines is 1. The summed E-state index contributed by atoms with van der Waals surface area (Å²) in [5, 5.41) is 0. The van der Waals surface area contributed by atoms with Crippen molar-refractivity contribution in [3.8, 4) is 0 Å². The van der Waals surface area contributed by atoms with Gasteiger partial charge < -0.3 is 5.73 Å². The van der Waals surface area contributed by atoms with Gasteiger partial charge in [0.05, 0.1) is 11.4 Å². The molecule has 2 N–H and O–H groups in total. The van der Waals surface area contributed by atoms with Crippen LogP contribution < -0.4 is 5.73 Å². The first-order valence-corrected chi connectivity index (χ1v) is 4.49. The molecule has 2 nitrogen and oxygen atoms in total. The van der Waals surface area contributed by atoms with Gasteiger partial charge in [-0.05, 0) is 31.5 Å². The van der Waals surface area contributed by atoms with Crippen LogP contribution in [0.15, 0.2) is 21.6 Å². The van der Waals surface area contributed by atoms with Crippen LogP contribution in [0, 0.1) is 6.92 Å². The van der Waals surface area contributed by atoms with Gasteiger partial charge in [-0.1, -0.05) is 15.9 Å². The molecule has 0 spiro atoms. The topological polar surface area (TPSA) is 38.4 Å². The summed E-state index contributed by atoms with van der Waals surface area (Å²) in [5.41, 5.74) is 8.39. The molecule has 0 saturated heterocycles. The molecule has 1 rings (SSSR count). The first-order chi connectivity index (χ1) is 5.66. The van der Waals surface area contributed by atoms with E-state index in [1.807, 2.05) is 26.0 Å². The second-order valence-electron chi connectivity index (χ2n) is 2.50. The standard InChI is InChI=1S/C9H11BrN2/c1-3-12-9-6(2)7(10)4-5-8(9)11/h3-5H,11H2,1-2H3. The van der Waals surface area contributed by atoms with Crippen LogP contribution in [0.5, 0.6) is 0 Å². The summed E-state index contributed by atoms with van der Waals surface area (Å²) in [6, 6.07) is 3.78. The lowest BCUT2D eigenvalue weighted by Gasteiger charge is -2.05. The van der Waals surface area contributed by atoms with Crippen LogP contribution in [0.1, 0.15) is 12.5 Å². The predicted octanol–water partition coefficient (Wildman–Crippen LogP) is 3.06. The van der Waals surface area contributed by atoms with E-state index in [0.717, 1.165) is 15.7 Å². The largest absolute Gasteiger partial charge is 0.397 e. The number of hydrogen-bond acceptors (Lipinski definition) is 2. The Bertz CT molecular complexity index is 319. The minimum atomic E-state index is 0.716. The van der Waals surface area contributed by atoms with Gasteiger partial charge in [-0.3, -0.25) is 4.99 Å². The lowest BCUT2D eigenvalue weighted by molar-refractivity contribution is 1.38. The molecular weight excluding hydrogens is 216 g/mol. The number of aliphatic imine (C=N–C) groups is 1. The average molecular weight is 227 g/mol. The molecule has 0 aliphatic carbocycles. The zero-order valence-electron chi connectivity index (χ0n) is 7.13. The van der Waals surface area contributed by atoms with Crippen LogP contribution >= 0.6 is 15.9 Å². The summed E-state index contributed by atoms with van der Waals surface area (Å²) in [6.07, 6.45) is 1.74. The maximum absolute atomic E-state index is 5.74. The van der Waals surface area contributed by atoms with Crippen molar-refractivity contribution < 1.29 is 0 Å². The fourth-order valence-electron chi connectivity index (χ4n) is 0.997. The fourth-order valence-corrected chi connectivity index (χ4v) is 1.32. The predicted molar refractivity (Wildman–Crippen MR) is 57.1 cm³/mol. The second-order valence-corrected chi connectivity index (χ2v) is 3.35. The van der Waals surface area contributed by atoms with E-state index < -0.39 is 0 Å². The van der Waals surface area contributed by atoms with Gasteiger partial charge in [0, 0.05) is 10.7 Å². The third-order valence-electron chi connectivity index (χ3n) is 1.65. The summed E-state index contributed by atoms with van der Waals surface area (Å²) < 4.78 is 1.04. The van der Waals surface area contributed by atoms with Gasteiger partial charge in [0.25, 0.3) is 0 Å². The lowest BCUT2D eigenvalue weighted by Crippen LogP contribution is -1.88. The van der Waals surface area contributed by atoms with E-state index in [4.69, 9.17) is 5.73 Å². The number of nitrogens with two attached hydrogens (primary N) is 1. The van der Waals surface area contributed by atoms with Gasteiger partial charge >= 0.3 is 0 Å². The smallest absolute Gasteiger partial charge is 0.0895 e. The van der Waals surface area contributed by atoms with E-state index in [1.165, 1.54) is 0 Å². The van der Waals surface area contributed by atoms with Gasteiger partial charge in [-0.25, -0.2) is 0 Å². The summed E-state index contributed by atoms with van der Waals surface area (Å²) in [4.78, 5) is 4.19. The molecule has 0 heterocycles. The van der Waals surface area contributed by atoms with Gasteiger partial charge in [-0.2, -0.15) is 0 Å². The number of hydrogen-bond donors (Lipinski definition) is 1. The maximum Gasteiger partial charge on any atom is 0.0895 e. The molecule has 0 aromatic heterocycles. The Balaban J connectivity index is 3.32. The summed E-state index contributed by atoms with van der Waals surface area (Å²) >= 11 is 3.42. The van der Waals surface area contributed by atoms with Crippen LogP contribution in [-0.2, 0) is 0 Å². The van der Waals surface area contributed by atoms with Crippen molar-refractivity contribution in [3.63, 3.8) is 0 Å². The molecular formula is C9H11BrN2. The van der Waals surface area contributed by atoms with E-state index >= 15 is 0 Å². The highest BCUT2D eigenvalue weighted by molar-refractivity contribution is 9.10. The third-order valence-corrected chi connectivity index (χ3v) is 2.51. The van der Waals surface area contributed by atoms with Gasteiger partial charge in [0.2, 0.25) is 0 Å². The Morgan fingerprint density at radius 2 is 2.17 bits per heavy atom. The van der Waals surface area contributed by atoms with Crippen molar-refractivity contribution in [3.05, 3.63) is 22.2 Å². The van der Waals surface area contributed by atoms with Crippen LogP contribution in [0.2, 0.25) is 0 Å². The van der Waals surface area contributed by atoms with E-state index in [1.54, 1.807) is 6.21 Å². The highest BCUT2D eigenvalue weighted by atomic mass is 79.9. The van der Waals surface area contributed by atoms with E-state index in [9.17, 15) is 0 Å². The van der Waals surface area contributed by atoms with Crippen molar-refractivity contribution in [2.24, 2.45) is 4.99 Å². The monoisotopic (exact) mass is 226 g/mol. The normalized spacial score (nSPS) is 10.9. The number of rotatable bonds is 1. The molecule has 0 amide bonds. The Kier molecular flexibility index (Phi) is 2.87. The first kappa shape index (κ1) is 9.26. The van der Waals surface area contributed by atoms with Crippen LogP contribution in [0.25, 0.3) is 0 Å². The molecule has 0 saturated carbocycles. The van der Waals surface area contributed by atoms with E-state index in [0.29, 0.717) is 5.69 Å². The van der Waals surface area contributed by atoms with Crippen molar-refractivity contribution in [2.45, 2.75) is 13.8 Å². The number of benzene rings is 1. The summed E-state index contributed by atoms with van der Waals surface area (Å²) in [6.45, 7) is 3.86. The zero-order chi connectivity index (χ0) is 9.14. The minimum absolute atomic E-state index is 0.716. The first-order valence-electron chi connectivity index (χ1n) is 3.70. The average Bonchev–Trinajstić information content (AvgIpc) is 2.06. The SMILES string of the molecule is CC=Nc1c(N)ccc(Br)c1C. The van der Waals surface area contributed by atoms with E-state index in [-0.39, 0.29) is 0 Å². The quantitative estimate of drug-likeness (QED) is 0.581. The van der Waals surface area contributed by atoms with Crippen molar-refractivity contribution in [2.75, 3.05) is 5.73 Å². The van der Waals surface area contributed by atoms with Crippen molar-refractivity contribution >= 4 is 33.5 Å². The Labute approximate surface area is 80.6 Å². The number of nitrogens with zero attached hydrogens (tertiary/aromatic N) is 1.